The molecule has 19 heavy (non-hydrogen) atoms. The number of amides is 1. The first-order chi connectivity index (χ1) is 8.99. The van der Waals surface area contributed by atoms with Gasteiger partial charge in [-0.3, -0.25) is 19.3 Å². The lowest BCUT2D eigenvalue weighted by Crippen LogP contribution is -2.45. The van der Waals surface area contributed by atoms with Gasteiger partial charge in [0.2, 0.25) is 5.78 Å². The highest BCUT2D eigenvalue weighted by atomic mass is 19.2. The zero-order chi connectivity index (χ0) is 14.0. The van der Waals surface area contributed by atoms with Crippen LogP contribution < -0.4 is 5.73 Å². The zero-order valence-corrected chi connectivity index (χ0v) is 11.0. The quantitative estimate of drug-likeness (QED) is 0.412. The van der Waals surface area contributed by atoms with Gasteiger partial charge in [0.1, 0.15) is 12.3 Å². The highest BCUT2D eigenvalue weighted by Crippen LogP contribution is 2.35. The maximum absolute atomic E-state index is 14.0. The molecular formula is C12H20FN3O3. The van der Waals surface area contributed by atoms with E-state index in [0.717, 1.165) is 25.8 Å². The number of hydrogen-bond donors (Lipinski definition) is 1. The molecule has 2 fully saturated rings. The third kappa shape index (κ3) is 3.71. The van der Waals surface area contributed by atoms with Gasteiger partial charge in [-0.15, -0.1) is 4.48 Å². The van der Waals surface area contributed by atoms with Crippen molar-refractivity contribution in [2.45, 2.75) is 44.4 Å². The molecule has 108 valence electrons. The van der Waals surface area contributed by atoms with Crippen LogP contribution in [0.3, 0.4) is 0 Å². The number of rotatable bonds is 7. The van der Waals surface area contributed by atoms with Crippen LogP contribution >= 0.6 is 0 Å². The Morgan fingerprint density at radius 2 is 2.16 bits per heavy atom. The van der Waals surface area contributed by atoms with E-state index in [1.54, 1.807) is 0 Å². The summed E-state index contributed by atoms with van der Waals surface area (Å²) in [6.07, 6.45) is 3.45. The first kappa shape index (κ1) is 14.4. The predicted octanol–water partition coefficient (Wildman–Crippen LogP) is 0.379. The fourth-order valence-electron chi connectivity index (χ4n) is 2.32. The Bertz CT molecular complexity index is 362. The summed E-state index contributed by atoms with van der Waals surface area (Å²) < 4.78 is 14.0. The van der Waals surface area contributed by atoms with Crippen LogP contribution in [-0.2, 0) is 14.4 Å². The van der Waals surface area contributed by atoms with Crippen molar-refractivity contribution in [1.82, 2.24) is 10.2 Å². The van der Waals surface area contributed by atoms with E-state index in [2.05, 4.69) is 0 Å². The second kappa shape index (κ2) is 5.94. The summed E-state index contributed by atoms with van der Waals surface area (Å²) in [6, 6.07) is -1.21. The largest absolute Gasteiger partial charge is 0.363 e. The van der Waals surface area contributed by atoms with Crippen LogP contribution in [0.15, 0.2) is 0 Å². The minimum atomic E-state index is -1.21. The fourth-order valence-corrected chi connectivity index (χ4v) is 2.32. The molecule has 2 rings (SSSR count). The number of hydroxylamine groups is 1. The Hall–Kier alpha value is -1.05. The number of Topliss-reactive ketones (excluding diaryl/α,β-unsaturated/α-hetero) is 1. The Kier molecular flexibility index (Phi) is 4.49. The number of carbonyl (C=O) groups excluding carboxylic acids is 2. The van der Waals surface area contributed by atoms with E-state index in [4.69, 9.17) is 10.6 Å². The van der Waals surface area contributed by atoms with Gasteiger partial charge >= 0.3 is 0 Å². The van der Waals surface area contributed by atoms with Crippen molar-refractivity contribution in [2.75, 3.05) is 13.6 Å². The first-order valence-electron chi connectivity index (χ1n) is 6.64. The van der Waals surface area contributed by atoms with E-state index in [0.29, 0.717) is 6.42 Å². The molecule has 1 saturated carbocycles. The van der Waals surface area contributed by atoms with Crippen molar-refractivity contribution < 1.29 is 18.9 Å². The minimum absolute atomic E-state index is 0.0396. The number of hydrogen-bond acceptors (Lipinski definition) is 5. The van der Waals surface area contributed by atoms with E-state index < -0.39 is 17.7 Å². The molecule has 2 unspecified atom stereocenters. The molecule has 0 bridgehead atoms. The number of nitrogens with zero attached hydrogens (tertiary/aromatic N) is 2. The lowest BCUT2D eigenvalue weighted by Gasteiger charge is -2.26. The summed E-state index contributed by atoms with van der Waals surface area (Å²) in [5.41, 5.74) is 4.96. The molecule has 1 aliphatic carbocycles. The van der Waals surface area contributed by atoms with Crippen LogP contribution in [-0.4, -0.2) is 47.7 Å². The topological polar surface area (TPSA) is 75.9 Å². The summed E-state index contributed by atoms with van der Waals surface area (Å²) in [4.78, 5) is 29.6. The van der Waals surface area contributed by atoms with Gasteiger partial charge in [-0.25, -0.2) is 0 Å². The second-order valence-corrected chi connectivity index (χ2v) is 5.38. The van der Waals surface area contributed by atoms with Gasteiger partial charge in [-0.05, 0) is 37.5 Å². The summed E-state index contributed by atoms with van der Waals surface area (Å²) in [5, 5.41) is 0.0396. The average Bonchev–Trinajstić information content (AvgIpc) is 3.09. The van der Waals surface area contributed by atoms with Crippen molar-refractivity contribution in [3.63, 3.8) is 0 Å². The SMILES string of the molecule is CN1CCCC1ON(F)C(CC1CC1)C(=O)C(N)=O. The van der Waals surface area contributed by atoms with E-state index in [1.807, 2.05) is 11.9 Å². The highest BCUT2D eigenvalue weighted by molar-refractivity contribution is 6.37. The molecule has 0 radical (unpaired) electrons. The monoisotopic (exact) mass is 273 g/mol. The Balaban J connectivity index is 1.95. The third-order valence-corrected chi connectivity index (χ3v) is 3.72. The molecule has 1 aliphatic heterocycles. The van der Waals surface area contributed by atoms with Gasteiger partial charge < -0.3 is 5.73 Å². The molecule has 7 heteroatoms. The smallest absolute Gasteiger partial charge is 0.286 e. The number of halogens is 1. The molecule has 0 aromatic rings. The molecule has 2 N–H and O–H groups in total. The van der Waals surface area contributed by atoms with E-state index >= 15 is 0 Å². The van der Waals surface area contributed by atoms with Crippen LogP contribution in [0.5, 0.6) is 0 Å². The maximum atomic E-state index is 14.0. The van der Waals surface area contributed by atoms with Crippen molar-refractivity contribution in [3.8, 4) is 0 Å². The molecule has 2 aliphatic rings. The van der Waals surface area contributed by atoms with Crippen molar-refractivity contribution in [3.05, 3.63) is 0 Å². The van der Waals surface area contributed by atoms with Gasteiger partial charge in [0, 0.05) is 6.54 Å². The standard InChI is InChI=1S/C12H20FN3O3/c1-15-6-2-3-10(15)19-16(13)9(7-8-4-5-8)11(17)12(14)18/h8-10H,2-7H2,1H3,(H2,14,18). The van der Waals surface area contributed by atoms with Gasteiger partial charge in [-0.1, -0.05) is 12.8 Å². The van der Waals surface area contributed by atoms with Crippen molar-refractivity contribution in [2.24, 2.45) is 11.7 Å². The van der Waals surface area contributed by atoms with Crippen LogP contribution in [0, 0.1) is 5.92 Å². The van der Waals surface area contributed by atoms with Crippen molar-refractivity contribution in [1.29, 1.82) is 0 Å². The average molecular weight is 273 g/mol. The number of carbonyl (C=O) groups is 2. The molecule has 0 aromatic carbocycles. The highest BCUT2D eigenvalue weighted by Gasteiger charge is 2.38. The summed E-state index contributed by atoms with van der Waals surface area (Å²) in [7, 11) is 1.83. The van der Waals surface area contributed by atoms with E-state index in [-0.39, 0.29) is 23.9 Å². The lowest BCUT2D eigenvalue weighted by molar-refractivity contribution is -0.338. The normalized spacial score (nSPS) is 25.7. The van der Waals surface area contributed by atoms with Crippen LogP contribution in [0.25, 0.3) is 0 Å². The number of likely N-dealkylation sites (tertiary alicyclic amines) is 1. The third-order valence-electron chi connectivity index (χ3n) is 3.72. The van der Waals surface area contributed by atoms with E-state index in [1.165, 1.54) is 0 Å². The van der Waals surface area contributed by atoms with Crippen molar-refractivity contribution >= 4 is 11.7 Å². The summed E-state index contributed by atoms with van der Waals surface area (Å²) >= 11 is 0. The predicted molar refractivity (Wildman–Crippen MR) is 65.0 cm³/mol. The molecule has 0 aromatic heterocycles. The van der Waals surface area contributed by atoms with Crippen LogP contribution in [0.2, 0.25) is 0 Å². The molecular weight excluding hydrogens is 253 g/mol. The van der Waals surface area contributed by atoms with Gasteiger partial charge in [0.05, 0.1) is 0 Å². The maximum Gasteiger partial charge on any atom is 0.286 e. The number of nitrogens with two attached hydrogens (primary N) is 1. The first-order valence-corrected chi connectivity index (χ1v) is 6.64. The Morgan fingerprint density at radius 3 is 2.63 bits per heavy atom. The van der Waals surface area contributed by atoms with Gasteiger partial charge in [0.15, 0.2) is 0 Å². The Labute approximate surface area is 111 Å². The molecule has 2 atom stereocenters. The van der Waals surface area contributed by atoms with Crippen LogP contribution in [0.4, 0.5) is 4.48 Å². The molecule has 1 amide bonds. The second-order valence-electron chi connectivity index (χ2n) is 5.38. The minimum Gasteiger partial charge on any atom is -0.363 e. The molecule has 1 saturated heterocycles. The lowest BCUT2D eigenvalue weighted by atomic mass is 10.1. The van der Waals surface area contributed by atoms with Gasteiger partial charge in [-0.2, -0.15) is 0 Å². The zero-order valence-electron chi connectivity index (χ0n) is 11.0. The number of ketones is 1. The van der Waals surface area contributed by atoms with Gasteiger partial charge in [0.25, 0.3) is 5.91 Å². The summed E-state index contributed by atoms with van der Waals surface area (Å²) in [6.45, 7) is 0.829. The Morgan fingerprint density at radius 1 is 1.47 bits per heavy atom. The van der Waals surface area contributed by atoms with E-state index in [9.17, 15) is 14.1 Å². The molecule has 6 nitrogen and oxygen atoms in total. The molecule has 1 heterocycles. The van der Waals surface area contributed by atoms with Crippen LogP contribution in [0.1, 0.15) is 32.1 Å². The fraction of sp³-hybridized carbons (Fsp3) is 0.833. The number of primary amides is 1. The summed E-state index contributed by atoms with van der Waals surface area (Å²) in [5.74, 6) is -1.75. The molecule has 0 spiro atoms.